The van der Waals surface area contributed by atoms with Gasteiger partial charge in [-0.1, -0.05) is 26.8 Å². The highest BCUT2D eigenvalue weighted by Crippen LogP contribution is 2.37. The largest absolute Gasteiger partial charge is 0.413 e. The molecular formula is C13H22FNOSi. The summed E-state index contributed by atoms with van der Waals surface area (Å²) in [6, 6.07) is 4.84. The molecule has 0 aliphatic carbocycles. The zero-order valence-electron chi connectivity index (χ0n) is 11.3. The maximum absolute atomic E-state index is 13.3. The Labute approximate surface area is 104 Å². The van der Waals surface area contributed by atoms with Crippen molar-refractivity contribution in [2.75, 3.05) is 5.73 Å². The van der Waals surface area contributed by atoms with Crippen molar-refractivity contribution in [2.45, 2.75) is 45.5 Å². The van der Waals surface area contributed by atoms with Gasteiger partial charge < -0.3 is 10.2 Å². The minimum Gasteiger partial charge on any atom is -0.413 e. The molecule has 17 heavy (non-hydrogen) atoms. The number of hydrogen-bond acceptors (Lipinski definition) is 2. The highest BCUT2D eigenvalue weighted by molar-refractivity contribution is 6.74. The first kappa shape index (κ1) is 14.2. The van der Waals surface area contributed by atoms with Crippen molar-refractivity contribution >= 4 is 14.0 Å². The van der Waals surface area contributed by atoms with Gasteiger partial charge >= 0.3 is 0 Å². The monoisotopic (exact) mass is 255 g/mol. The van der Waals surface area contributed by atoms with Gasteiger partial charge in [0.05, 0.1) is 12.3 Å². The van der Waals surface area contributed by atoms with Crippen LogP contribution in [0.5, 0.6) is 0 Å². The Bertz CT molecular complexity index is 399. The van der Waals surface area contributed by atoms with Crippen LogP contribution in [-0.4, -0.2) is 8.32 Å². The van der Waals surface area contributed by atoms with Crippen LogP contribution < -0.4 is 5.73 Å². The molecule has 0 heterocycles. The topological polar surface area (TPSA) is 35.2 Å². The van der Waals surface area contributed by atoms with Gasteiger partial charge in [-0.2, -0.15) is 0 Å². The second-order valence-corrected chi connectivity index (χ2v) is 10.7. The lowest BCUT2D eigenvalue weighted by molar-refractivity contribution is 0.276. The quantitative estimate of drug-likeness (QED) is 0.656. The van der Waals surface area contributed by atoms with Crippen LogP contribution in [0.15, 0.2) is 18.2 Å². The molecule has 2 nitrogen and oxygen atoms in total. The summed E-state index contributed by atoms with van der Waals surface area (Å²) in [5.74, 6) is -0.374. The molecule has 4 heteroatoms. The van der Waals surface area contributed by atoms with Gasteiger partial charge in [-0.05, 0) is 35.8 Å². The van der Waals surface area contributed by atoms with Gasteiger partial charge in [0.2, 0.25) is 0 Å². The molecule has 1 rings (SSSR count). The Hall–Kier alpha value is -0.873. The first-order valence-electron chi connectivity index (χ1n) is 5.81. The van der Waals surface area contributed by atoms with Crippen molar-refractivity contribution in [1.82, 2.24) is 0 Å². The summed E-state index contributed by atoms with van der Waals surface area (Å²) in [7, 11) is -1.77. The fourth-order valence-corrected chi connectivity index (χ4v) is 2.10. The Morgan fingerprint density at radius 2 is 1.88 bits per heavy atom. The average molecular weight is 255 g/mol. The van der Waals surface area contributed by atoms with Crippen molar-refractivity contribution in [3.05, 3.63) is 29.6 Å². The second-order valence-electron chi connectivity index (χ2n) is 5.90. The molecule has 96 valence electrons. The van der Waals surface area contributed by atoms with Gasteiger partial charge in [-0.3, -0.25) is 0 Å². The molecular weight excluding hydrogens is 233 g/mol. The molecule has 0 unspecified atom stereocenters. The van der Waals surface area contributed by atoms with Crippen LogP contribution in [0.4, 0.5) is 10.1 Å². The first-order valence-corrected chi connectivity index (χ1v) is 8.72. The highest BCUT2D eigenvalue weighted by Gasteiger charge is 2.36. The highest BCUT2D eigenvalue weighted by atomic mass is 28.4. The molecule has 0 saturated carbocycles. The molecule has 1 aromatic carbocycles. The van der Waals surface area contributed by atoms with Crippen LogP contribution in [0.1, 0.15) is 26.3 Å². The number of nitrogen functional groups attached to an aromatic ring is 1. The van der Waals surface area contributed by atoms with Crippen LogP contribution in [-0.2, 0) is 11.0 Å². The Kier molecular flexibility index (Phi) is 3.99. The van der Waals surface area contributed by atoms with Gasteiger partial charge in [-0.15, -0.1) is 0 Å². The molecule has 0 aromatic heterocycles. The molecule has 0 amide bonds. The third-order valence-electron chi connectivity index (χ3n) is 3.47. The van der Waals surface area contributed by atoms with Gasteiger partial charge in [0.1, 0.15) is 5.82 Å². The Morgan fingerprint density at radius 3 is 2.35 bits per heavy atom. The van der Waals surface area contributed by atoms with Crippen LogP contribution in [0, 0.1) is 5.82 Å². The van der Waals surface area contributed by atoms with E-state index in [-0.39, 0.29) is 16.5 Å². The molecule has 0 fully saturated rings. The fourth-order valence-electron chi connectivity index (χ4n) is 1.14. The van der Waals surface area contributed by atoms with Crippen molar-refractivity contribution < 1.29 is 8.82 Å². The Balaban J connectivity index is 2.71. The number of hydrogen-bond donors (Lipinski definition) is 1. The van der Waals surface area contributed by atoms with E-state index in [2.05, 4.69) is 33.9 Å². The smallest absolute Gasteiger partial charge is 0.192 e. The fraction of sp³-hybridized carbons (Fsp3) is 0.538. The second kappa shape index (κ2) is 4.78. The minimum absolute atomic E-state index is 0.166. The number of nitrogens with two attached hydrogens (primary N) is 1. The Morgan fingerprint density at radius 1 is 1.29 bits per heavy atom. The molecule has 0 saturated heterocycles. The van der Waals surface area contributed by atoms with E-state index in [1.54, 1.807) is 6.07 Å². The predicted octanol–water partition coefficient (Wildman–Crippen LogP) is 3.93. The van der Waals surface area contributed by atoms with Crippen LogP contribution in [0.3, 0.4) is 0 Å². The summed E-state index contributed by atoms with van der Waals surface area (Å²) in [5, 5.41) is 0.166. The van der Waals surface area contributed by atoms with E-state index in [1.165, 1.54) is 6.07 Å². The normalized spacial score (nSPS) is 12.8. The van der Waals surface area contributed by atoms with E-state index >= 15 is 0 Å². The van der Waals surface area contributed by atoms with Gasteiger partial charge in [0, 0.05) is 0 Å². The van der Waals surface area contributed by atoms with Crippen molar-refractivity contribution in [2.24, 2.45) is 0 Å². The van der Waals surface area contributed by atoms with Gasteiger partial charge in [-0.25, -0.2) is 4.39 Å². The maximum atomic E-state index is 13.3. The molecule has 0 aliphatic heterocycles. The standard InChI is InChI=1S/C13H22FNOSi/c1-13(2,3)17(4,5)16-9-10-6-7-12(15)11(14)8-10/h6-8H,9,15H2,1-5H3. The third kappa shape index (κ3) is 3.54. The lowest BCUT2D eigenvalue weighted by atomic mass is 10.2. The lowest BCUT2D eigenvalue weighted by Gasteiger charge is -2.36. The number of halogens is 1. The molecule has 0 spiro atoms. The van der Waals surface area contributed by atoms with Crippen LogP contribution in [0.2, 0.25) is 18.1 Å². The number of anilines is 1. The SMILES string of the molecule is CC(C)(C)[Si](C)(C)OCc1ccc(N)c(F)c1. The van der Waals surface area contributed by atoms with Crippen molar-refractivity contribution in [3.63, 3.8) is 0 Å². The van der Waals surface area contributed by atoms with E-state index in [0.717, 1.165) is 5.56 Å². The summed E-state index contributed by atoms with van der Waals surface area (Å²) in [6.45, 7) is 11.4. The van der Waals surface area contributed by atoms with Gasteiger partial charge in [0.25, 0.3) is 0 Å². The van der Waals surface area contributed by atoms with Crippen LogP contribution >= 0.6 is 0 Å². The zero-order valence-corrected chi connectivity index (χ0v) is 12.3. The van der Waals surface area contributed by atoms with E-state index in [1.807, 2.05) is 6.07 Å². The zero-order chi connectivity index (χ0) is 13.3. The molecule has 0 aliphatic rings. The first-order chi connectivity index (χ1) is 7.63. The van der Waals surface area contributed by atoms with E-state index in [0.29, 0.717) is 6.61 Å². The minimum atomic E-state index is -1.77. The maximum Gasteiger partial charge on any atom is 0.192 e. The number of benzene rings is 1. The van der Waals surface area contributed by atoms with Crippen molar-refractivity contribution in [1.29, 1.82) is 0 Å². The van der Waals surface area contributed by atoms with E-state index in [9.17, 15) is 4.39 Å². The summed E-state index contributed by atoms with van der Waals surface area (Å²) in [4.78, 5) is 0. The summed E-state index contributed by atoms with van der Waals surface area (Å²) >= 11 is 0. The van der Waals surface area contributed by atoms with E-state index < -0.39 is 8.32 Å². The van der Waals surface area contributed by atoms with Crippen molar-refractivity contribution in [3.8, 4) is 0 Å². The average Bonchev–Trinajstić information content (AvgIpc) is 2.18. The lowest BCUT2D eigenvalue weighted by Crippen LogP contribution is -2.40. The predicted molar refractivity (Wildman–Crippen MR) is 72.8 cm³/mol. The molecule has 0 bridgehead atoms. The van der Waals surface area contributed by atoms with Crippen LogP contribution in [0.25, 0.3) is 0 Å². The summed E-state index contributed by atoms with van der Waals surface area (Å²) < 4.78 is 19.3. The molecule has 0 radical (unpaired) electrons. The summed E-state index contributed by atoms with van der Waals surface area (Å²) in [5.41, 5.74) is 6.45. The van der Waals surface area contributed by atoms with E-state index in [4.69, 9.17) is 10.2 Å². The summed E-state index contributed by atoms with van der Waals surface area (Å²) in [6.07, 6.45) is 0. The molecule has 1 aromatic rings. The molecule has 0 atom stereocenters. The van der Waals surface area contributed by atoms with Gasteiger partial charge in [0.15, 0.2) is 8.32 Å². The molecule has 2 N–H and O–H groups in total. The number of rotatable bonds is 3. The third-order valence-corrected chi connectivity index (χ3v) is 7.95.